The Bertz CT molecular complexity index is 481. The van der Waals surface area contributed by atoms with Crippen molar-refractivity contribution in [2.24, 2.45) is 5.92 Å². The summed E-state index contributed by atoms with van der Waals surface area (Å²) in [6, 6.07) is 6.70. The van der Waals surface area contributed by atoms with Crippen molar-refractivity contribution in [1.82, 2.24) is 5.32 Å². The normalized spacial score (nSPS) is 25.1. The molecule has 2 rings (SSSR count). The second-order valence-electron chi connectivity index (χ2n) is 4.54. The molecule has 0 bridgehead atoms. The Kier molecular flexibility index (Phi) is 3.51. The molecule has 1 aliphatic heterocycles. The molecule has 1 aromatic carbocycles. The van der Waals surface area contributed by atoms with Crippen molar-refractivity contribution in [1.29, 1.82) is 0 Å². The van der Waals surface area contributed by atoms with Gasteiger partial charge < -0.3 is 5.32 Å². The summed E-state index contributed by atoms with van der Waals surface area (Å²) < 4.78 is 29.2. The minimum atomic E-state index is -3.63. The summed E-state index contributed by atoms with van der Waals surface area (Å²) in [5.41, 5.74) is 1.03. The number of nitrogens with one attached hydrogen (secondary N) is 1. The fourth-order valence-corrected chi connectivity index (χ4v) is 3.00. The van der Waals surface area contributed by atoms with E-state index >= 15 is 0 Å². The van der Waals surface area contributed by atoms with Crippen molar-refractivity contribution in [3.05, 3.63) is 29.8 Å². The zero-order chi connectivity index (χ0) is 12.5. The molecule has 2 atom stereocenters. The van der Waals surface area contributed by atoms with Gasteiger partial charge in [-0.1, -0.05) is 24.6 Å². The molecule has 0 radical (unpaired) electrons. The quantitative estimate of drug-likeness (QED) is 0.827. The van der Waals surface area contributed by atoms with Crippen LogP contribution in [0.15, 0.2) is 29.2 Å². The molecule has 0 amide bonds. The SMILES string of the molecule is Cc1ccc(S(=O)(=O)O[C@@H]2CNC[C@@H]2C)cc1. The molecule has 0 aliphatic carbocycles. The van der Waals surface area contributed by atoms with Gasteiger partial charge in [-0.15, -0.1) is 0 Å². The van der Waals surface area contributed by atoms with Crippen molar-refractivity contribution in [2.75, 3.05) is 13.1 Å². The van der Waals surface area contributed by atoms with E-state index in [1.165, 1.54) is 0 Å². The van der Waals surface area contributed by atoms with Crippen LogP contribution in [0.2, 0.25) is 0 Å². The molecule has 1 aliphatic rings. The lowest BCUT2D eigenvalue weighted by Crippen LogP contribution is -2.24. The van der Waals surface area contributed by atoms with Crippen LogP contribution in [0.4, 0.5) is 0 Å². The van der Waals surface area contributed by atoms with Gasteiger partial charge in [-0.05, 0) is 25.0 Å². The Morgan fingerprint density at radius 1 is 1.24 bits per heavy atom. The Labute approximate surface area is 102 Å². The summed E-state index contributed by atoms with van der Waals surface area (Å²) in [5, 5.41) is 3.12. The largest absolute Gasteiger partial charge is 0.314 e. The van der Waals surface area contributed by atoms with Crippen molar-refractivity contribution in [3.8, 4) is 0 Å². The Hall–Kier alpha value is -0.910. The van der Waals surface area contributed by atoms with Crippen LogP contribution < -0.4 is 5.32 Å². The number of aryl methyl sites for hydroxylation is 1. The van der Waals surface area contributed by atoms with Crippen LogP contribution in [-0.4, -0.2) is 27.6 Å². The highest BCUT2D eigenvalue weighted by molar-refractivity contribution is 7.86. The molecule has 0 spiro atoms. The molecule has 94 valence electrons. The molecule has 1 aromatic rings. The summed E-state index contributed by atoms with van der Waals surface area (Å²) in [4.78, 5) is 0.224. The molecule has 1 fully saturated rings. The molecule has 0 unspecified atom stereocenters. The minimum absolute atomic E-state index is 0.218. The van der Waals surface area contributed by atoms with Gasteiger partial charge in [-0.2, -0.15) is 8.42 Å². The first kappa shape index (κ1) is 12.5. The van der Waals surface area contributed by atoms with Crippen molar-refractivity contribution >= 4 is 10.1 Å². The third-order valence-electron chi connectivity index (χ3n) is 3.01. The van der Waals surface area contributed by atoms with Crippen molar-refractivity contribution in [2.45, 2.75) is 24.8 Å². The molecular formula is C12H17NO3S. The highest BCUT2D eigenvalue weighted by atomic mass is 32.2. The summed E-state index contributed by atoms with van der Waals surface area (Å²) in [5.74, 6) is 0.218. The zero-order valence-corrected chi connectivity index (χ0v) is 10.8. The smallest absolute Gasteiger partial charge is 0.297 e. The summed E-state index contributed by atoms with van der Waals surface area (Å²) >= 11 is 0. The van der Waals surface area contributed by atoms with Gasteiger partial charge in [0.1, 0.15) is 0 Å². The van der Waals surface area contributed by atoms with E-state index in [1.54, 1.807) is 24.3 Å². The highest BCUT2D eigenvalue weighted by Crippen LogP contribution is 2.20. The van der Waals surface area contributed by atoms with Gasteiger partial charge >= 0.3 is 0 Å². The molecule has 4 nitrogen and oxygen atoms in total. The molecule has 17 heavy (non-hydrogen) atoms. The zero-order valence-electron chi connectivity index (χ0n) is 10.0. The highest BCUT2D eigenvalue weighted by Gasteiger charge is 2.29. The Morgan fingerprint density at radius 2 is 1.88 bits per heavy atom. The summed E-state index contributed by atoms with van der Waals surface area (Å²) in [6.45, 7) is 5.29. The minimum Gasteiger partial charge on any atom is -0.314 e. The van der Waals surface area contributed by atoms with Crippen LogP contribution in [0, 0.1) is 12.8 Å². The number of hydrogen-bond acceptors (Lipinski definition) is 4. The number of benzene rings is 1. The van der Waals surface area contributed by atoms with Gasteiger partial charge in [-0.3, -0.25) is 4.18 Å². The standard InChI is InChI=1S/C12H17NO3S/c1-9-3-5-11(6-4-9)17(14,15)16-12-8-13-7-10(12)2/h3-6,10,12-13H,7-8H2,1-2H3/t10-,12+/m0/s1. The first-order valence-electron chi connectivity index (χ1n) is 5.70. The van der Waals surface area contributed by atoms with E-state index < -0.39 is 10.1 Å². The molecule has 1 saturated heterocycles. The van der Waals surface area contributed by atoms with Crippen molar-refractivity contribution in [3.63, 3.8) is 0 Å². The van der Waals surface area contributed by atoms with E-state index in [4.69, 9.17) is 4.18 Å². The third kappa shape index (κ3) is 2.86. The monoisotopic (exact) mass is 255 g/mol. The van der Waals surface area contributed by atoms with E-state index in [1.807, 2.05) is 13.8 Å². The maximum atomic E-state index is 12.0. The van der Waals surface area contributed by atoms with Crippen molar-refractivity contribution < 1.29 is 12.6 Å². The lowest BCUT2D eigenvalue weighted by atomic mass is 10.1. The molecular weight excluding hydrogens is 238 g/mol. The summed E-state index contributed by atoms with van der Waals surface area (Å²) in [7, 11) is -3.63. The van der Waals surface area contributed by atoms with Crippen LogP contribution >= 0.6 is 0 Å². The van der Waals surface area contributed by atoms with Gasteiger partial charge in [0.15, 0.2) is 0 Å². The Balaban J connectivity index is 2.16. The fraction of sp³-hybridized carbons (Fsp3) is 0.500. The predicted octanol–water partition coefficient (Wildman–Crippen LogP) is 1.31. The molecule has 1 heterocycles. The molecule has 5 heteroatoms. The second kappa shape index (κ2) is 4.76. The molecule has 0 aromatic heterocycles. The molecule has 1 N–H and O–H groups in total. The van der Waals surface area contributed by atoms with Gasteiger partial charge in [-0.25, -0.2) is 0 Å². The van der Waals surface area contributed by atoms with Crippen LogP contribution in [0.25, 0.3) is 0 Å². The van der Waals surface area contributed by atoms with E-state index in [0.717, 1.165) is 12.1 Å². The summed E-state index contributed by atoms with van der Waals surface area (Å²) in [6.07, 6.45) is -0.263. The van der Waals surface area contributed by atoms with E-state index in [-0.39, 0.29) is 16.9 Å². The molecule has 0 saturated carbocycles. The first-order chi connectivity index (χ1) is 7.99. The number of rotatable bonds is 3. The second-order valence-corrected chi connectivity index (χ2v) is 6.11. The fourth-order valence-electron chi connectivity index (χ4n) is 1.84. The lowest BCUT2D eigenvalue weighted by Gasteiger charge is -2.15. The number of hydrogen-bond donors (Lipinski definition) is 1. The van der Waals surface area contributed by atoms with Crippen LogP contribution in [0.5, 0.6) is 0 Å². The predicted molar refractivity (Wildman–Crippen MR) is 65.3 cm³/mol. The first-order valence-corrected chi connectivity index (χ1v) is 7.10. The van der Waals surface area contributed by atoms with Crippen LogP contribution in [0.3, 0.4) is 0 Å². The van der Waals surface area contributed by atoms with Gasteiger partial charge in [0.25, 0.3) is 10.1 Å². The van der Waals surface area contributed by atoms with E-state index in [2.05, 4.69) is 5.32 Å². The average molecular weight is 255 g/mol. The van der Waals surface area contributed by atoms with Crippen LogP contribution in [-0.2, 0) is 14.3 Å². The topological polar surface area (TPSA) is 55.4 Å². The third-order valence-corrected chi connectivity index (χ3v) is 4.36. The lowest BCUT2D eigenvalue weighted by molar-refractivity contribution is 0.190. The maximum Gasteiger partial charge on any atom is 0.297 e. The van der Waals surface area contributed by atoms with Gasteiger partial charge in [0.2, 0.25) is 0 Å². The van der Waals surface area contributed by atoms with Gasteiger partial charge in [0.05, 0.1) is 11.0 Å². The van der Waals surface area contributed by atoms with Crippen LogP contribution in [0.1, 0.15) is 12.5 Å². The van der Waals surface area contributed by atoms with E-state index in [9.17, 15) is 8.42 Å². The Morgan fingerprint density at radius 3 is 2.41 bits per heavy atom. The van der Waals surface area contributed by atoms with E-state index in [0.29, 0.717) is 6.54 Å². The van der Waals surface area contributed by atoms with Gasteiger partial charge in [0, 0.05) is 13.1 Å². The maximum absolute atomic E-state index is 12.0. The average Bonchev–Trinajstić information content (AvgIpc) is 2.64.